The van der Waals surface area contributed by atoms with Crippen LogP contribution in [0, 0.1) is 0 Å². The SMILES string of the molecule is CCC(CC)OC1C=C(C=O)C[C@H](N)[C@H]1NC(C)=O. The molecule has 0 saturated carbocycles. The molecule has 5 nitrogen and oxygen atoms in total. The van der Waals surface area contributed by atoms with Crippen LogP contribution in [-0.4, -0.2) is 36.5 Å². The van der Waals surface area contributed by atoms with Gasteiger partial charge < -0.3 is 15.8 Å². The molecular weight excluding hydrogens is 244 g/mol. The highest BCUT2D eigenvalue weighted by Crippen LogP contribution is 2.22. The quantitative estimate of drug-likeness (QED) is 0.702. The van der Waals surface area contributed by atoms with E-state index in [0.717, 1.165) is 19.1 Å². The molecule has 1 aliphatic carbocycles. The standard InChI is InChI=1S/C14H24N2O3/c1-4-11(5-2)19-13-7-10(8-17)6-12(15)14(13)16-9(3)18/h7-8,11-14H,4-6,15H2,1-3H3,(H,16,18)/t12-,13?,14+/m0/s1. The molecule has 0 aromatic heterocycles. The number of ether oxygens (including phenoxy) is 1. The Hall–Kier alpha value is -1.20. The first-order valence-electron chi connectivity index (χ1n) is 6.85. The van der Waals surface area contributed by atoms with Crippen LogP contribution >= 0.6 is 0 Å². The predicted molar refractivity (Wildman–Crippen MR) is 73.6 cm³/mol. The van der Waals surface area contributed by atoms with Gasteiger partial charge in [0.2, 0.25) is 5.91 Å². The van der Waals surface area contributed by atoms with E-state index in [2.05, 4.69) is 19.2 Å². The lowest BCUT2D eigenvalue weighted by Crippen LogP contribution is -2.56. The molecule has 0 bridgehead atoms. The summed E-state index contributed by atoms with van der Waals surface area (Å²) in [4.78, 5) is 22.2. The maximum Gasteiger partial charge on any atom is 0.217 e. The summed E-state index contributed by atoms with van der Waals surface area (Å²) in [6.07, 6.45) is 4.62. The number of aldehydes is 1. The number of nitrogens with one attached hydrogen (secondary N) is 1. The average molecular weight is 268 g/mol. The van der Waals surface area contributed by atoms with Gasteiger partial charge in [-0.2, -0.15) is 0 Å². The van der Waals surface area contributed by atoms with Crippen molar-refractivity contribution in [1.29, 1.82) is 0 Å². The summed E-state index contributed by atoms with van der Waals surface area (Å²) in [6, 6.07) is -0.574. The molecule has 0 spiro atoms. The van der Waals surface area contributed by atoms with Crippen molar-refractivity contribution in [2.75, 3.05) is 0 Å². The van der Waals surface area contributed by atoms with Crippen LogP contribution in [0.5, 0.6) is 0 Å². The molecule has 1 aliphatic rings. The van der Waals surface area contributed by atoms with Crippen molar-refractivity contribution in [2.45, 2.75) is 64.3 Å². The molecule has 5 heteroatoms. The maximum absolute atomic E-state index is 11.3. The van der Waals surface area contributed by atoms with E-state index in [1.165, 1.54) is 6.92 Å². The summed E-state index contributed by atoms with van der Waals surface area (Å²) in [5.41, 5.74) is 6.69. The number of carbonyl (C=O) groups is 2. The lowest BCUT2D eigenvalue weighted by molar-refractivity contribution is -0.121. The summed E-state index contributed by atoms with van der Waals surface area (Å²) >= 11 is 0. The van der Waals surface area contributed by atoms with Crippen LogP contribution in [0.4, 0.5) is 0 Å². The highest BCUT2D eigenvalue weighted by molar-refractivity contribution is 5.75. The van der Waals surface area contributed by atoms with Gasteiger partial charge in [0, 0.05) is 13.0 Å². The second kappa shape index (κ2) is 7.40. The molecule has 0 radical (unpaired) electrons. The van der Waals surface area contributed by atoms with Crippen molar-refractivity contribution >= 4 is 12.2 Å². The molecular formula is C14H24N2O3. The fourth-order valence-corrected chi connectivity index (χ4v) is 2.36. The van der Waals surface area contributed by atoms with Crippen LogP contribution in [0.3, 0.4) is 0 Å². The van der Waals surface area contributed by atoms with E-state index < -0.39 is 0 Å². The van der Waals surface area contributed by atoms with Crippen LogP contribution in [0.25, 0.3) is 0 Å². The van der Waals surface area contributed by atoms with Crippen LogP contribution in [0.1, 0.15) is 40.0 Å². The molecule has 0 aromatic rings. The van der Waals surface area contributed by atoms with Gasteiger partial charge in [-0.3, -0.25) is 9.59 Å². The normalized spacial score (nSPS) is 27.0. The summed E-state index contributed by atoms with van der Waals surface area (Å²) in [7, 11) is 0. The van der Waals surface area contributed by atoms with Crippen LogP contribution < -0.4 is 11.1 Å². The monoisotopic (exact) mass is 268 g/mol. The Labute approximate surface area is 114 Å². The molecule has 19 heavy (non-hydrogen) atoms. The number of nitrogens with two attached hydrogens (primary N) is 1. The molecule has 0 heterocycles. The van der Waals surface area contributed by atoms with E-state index in [4.69, 9.17) is 10.5 Å². The van der Waals surface area contributed by atoms with E-state index in [0.29, 0.717) is 12.0 Å². The Morgan fingerprint density at radius 2 is 2.21 bits per heavy atom. The summed E-state index contributed by atoms with van der Waals surface area (Å²) in [5, 5.41) is 2.83. The molecule has 1 rings (SSSR count). The summed E-state index contributed by atoms with van der Waals surface area (Å²) in [6.45, 7) is 5.56. The molecule has 1 unspecified atom stereocenters. The lowest BCUT2D eigenvalue weighted by Gasteiger charge is -2.36. The van der Waals surface area contributed by atoms with Crippen molar-refractivity contribution in [3.8, 4) is 0 Å². The molecule has 108 valence electrons. The Morgan fingerprint density at radius 1 is 1.58 bits per heavy atom. The van der Waals surface area contributed by atoms with E-state index >= 15 is 0 Å². The fourth-order valence-electron chi connectivity index (χ4n) is 2.36. The smallest absolute Gasteiger partial charge is 0.217 e. The second-order valence-electron chi connectivity index (χ2n) is 4.99. The number of hydrogen-bond donors (Lipinski definition) is 2. The summed E-state index contributed by atoms with van der Waals surface area (Å²) < 4.78 is 5.98. The first kappa shape index (κ1) is 15.9. The minimum Gasteiger partial charge on any atom is -0.369 e. The van der Waals surface area contributed by atoms with Crippen molar-refractivity contribution in [3.63, 3.8) is 0 Å². The zero-order valence-corrected chi connectivity index (χ0v) is 11.9. The topological polar surface area (TPSA) is 81.4 Å². The van der Waals surface area contributed by atoms with Crippen molar-refractivity contribution in [2.24, 2.45) is 5.73 Å². The van der Waals surface area contributed by atoms with E-state index in [1.807, 2.05) is 0 Å². The minimum absolute atomic E-state index is 0.107. The largest absolute Gasteiger partial charge is 0.369 e. The number of carbonyl (C=O) groups excluding carboxylic acids is 2. The first-order chi connectivity index (χ1) is 9.01. The Kier molecular flexibility index (Phi) is 6.18. The Balaban J connectivity index is 2.88. The summed E-state index contributed by atoms with van der Waals surface area (Å²) in [5.74, 6) is -0.137. The van der Waals surface area contributed by atoms with Gasteiger partial charge in [0.05, 0.1) is 18.2 Å². The number of rotatable bonds is 6. The maximum atomic E-state index is 11.3. The highest BCUT2D eigenvalue weighted by atomic mass is 16.5. The third kappa shape index (κ3) is 4.44. The first-order valence-corrected chi connectivity index (χ1v) is 6.85. The number of hydrogen-bond acceptors (Lipinski definition) is 4. The molecule has 1 amide bonds. The second-order valence-corrected chi connectivity index (χ2v) is 4.99. The van der Waals surface area contributed by atoms with E-state index in [9.17, 15) is 9.59 Å². The van der Waals surface area contributed by atoms with Gasteiger partial charge in [0.1, 0.15) is 6.29 Å². The van der Waals surface area contributed by atoms with Gasteiger partial charge in [0.25, 0.3) is 0 Å². The molecule has 0 fully saturated rings. The van der Waals surface area contributed by atoms with Crippen LogP contribution in [-0.2, 0) is 14.3 Å². The van der Waals surface area contributed by atoms with Crippen LogP contribution in [0.15, 0.2) is 11.6 Å². The zero-order chi connectivity index (χ0) is 14.4. The lowest BCUT2D eigenvalue weighted by atomic mass is 9.89. The third-order valence-corrected chi connectivity index (χ3v) is 3.45. The predicted octanol–water partition coefficient (Wildman–Crippen LogP) is 0.921. The van der Waals surface area contributed by atoms with Crippen molar-refractivity contribution < 1.29 is 14.3 Å². The van der Waals surface area contributed by atoms with E-state index in [-0.39, 0.29) is 30.2 Å². The van der Waals surface area contributed by atoms with Gasteiger partial charge in [-0.15, -0.1) is 0 Å². The van der Waals surface area contributed by atoms with Gasteiger partial charge in [-0.25, -0.2) is 0 Å². The van der Waals surface area contributed by atoms with Crippen molar-refractivity contribution in [1.82, 2.24) is 5.32 Å². The molecule has 0 saturated heterocycles. The molecule has 0 aliphatic heterocycles. The Bertz CT molecular complexity index is 351. The van der Waals surface area contributed by atoms with Crippen LogP contribution in [0.2, 0.25) is 0 Å². The van der Waals surface area contributed by atoms with Gasteiger partial charge >= 0.3 is 0 Å². The zero-order valence-electron chi connectivity index (χ0n) is 11.9. The molecule has 3 N–H and O–H groups in total. The van der Waals surface area contributed by atoms with Gasteiger partial charge in [-0.1, -0.05) is 13.8 Å². The van der Waals surface area contributed by atoms with Crippen molar-refractivity contribution in [3.05, 3.63) is 11.6 Å². The molecule has 0 aromatic carbocycles. The van der Waals surface area contributed by atoms with E-state index in [1.54, 1.807) is 6.08 Å². The molecule has 3 atom stereocenters. The number of amides is 1. The van der Waals surface area contributed by atoms with Gasteiger partial charge in [-0.05, 0) is 30.9 Å². The Morgan fingerprint density at radius 3 is 2.68 bits per heavy atom. The fraction of sp³-hybridized carbons (Fsp3) is 0.714. The minimum atomic E-state index is -0.335. The third-order valence-electron chi connectivity index (χ3n) is 3.45. The van der Waals surface area contributed by atoms with Gasteiger partial charge in [0.15, 0.2) is 0 Å². The highest BCUT2D eigenvalue weighted by Gasteiger charge is 2.33. The average Bonchev–Trinajstić information content (AvgIpc) is 2.38.